The number of aliphatic hydroxyl groups is 1. The van der Waals surface area contributed by atoms with Gasteiger partial charge in [0.15, 0.2) is 0 Å². The number of nitrogens with one attached hydrogen (secondary N) is 1. The summed E-state index contributed by atoms with van der Waals surface area (Å²) in [5, 5.41) is 11.6. The lowest BCUT2D eigenvalue weighted by molar-refractivity contribution is 0.0239. The minimum absolute atomic E-state index is 0.00642. The van der Waals surface area contributed by atoms with Crippen LogP contribution in [0.5, 0.6) is 5.75 Å². The van der Waals surface area contributed by atoms with Crippen molar-refractivity contribution in [1.29, 1.82) is 0 Å². The van der Waals surface area contributed by atoms with Crippen LogP contribution in [-0.4, -0.2) is 16.4 Å². The standard InChI is InChI=1S/C21H25F2NO2S/c1-14(2)27-24-20-4-3-9-21(20,25)16-5-7-19(8-6-16)26-13-15-10-17(22)12-18(23)11-15/h5-8,10-12,14,20,24-25H,3-4,9,13H2,1-2H3. The molecule has 1 aliphatic carbocycles. The van der Waals surface area contributed by atoms with E-state index >= 15 is 0 Å². The Morgan fingerprint density at radius 2 is 1.85 bits per heavy atom. The number of benzene rings is 2. The number of hydrogen-bond donors (Lipinski definition) is 2. The SMILES string of the molecule is CC(C)SNC1CCCC1(O)c1ccc(OCc2cc(F)cc(F)c2)cc1. The van der Waals surface area contributed by atoms with Crippen LogP contribution in [0.1, 0.15) is 44.2 Å². The van der Waals surface area contributed by atoms with Crippen molar-refractivity contribution in [3.63, 3.8) is 0 Å². The van der Waals surface area contributed by atoms with E-state index in [0.29, 0.717) is 23.0 Å². The highest BCUT2D eigenvalue weighted by atomic mass is 32.2. The van der Waals surface area contributed by atoms with Crippen LogP contribution in [-0.2, 0) is 12.2 Å². The minimum atomic E-state index is -0.897. The van der Waals surface area contributed by atoms with Crippen molar-refractivity contribution < 1.29 is 18.6 Å². The summed E-state index contributed by atoms with van der Waals surface area (Å²) in [6.45, 7) is 4.30. The van der Waals surface area contributed by atoms with Crippen molar-refractivity contribution in [2.24, 2.45) is 0 Å². The first-order chi connectivity index (χ1) is 12.9. The number of rotatable bonds is 7. The largest absolute Gasteiger partial charge is 0.489 e. The molecule has 0 bridgehead atoms. The highest BCUT2D eigenvalue weighted by Gasteiger charge is 2.42. The predicted molar refractivity (Wildman–Crippen MR) is 105 cm³/mol. The molecule has 1 aliphatic rings. The molecule has 1 saturated carbocycles. The maximum Gasteiger partial charge on any atom is 0.126 e. The molecule has 2 atom stereocenters. The first kappa shape index (κ1) is 20.1. The summed E-state index contributed by atoms with van der Waals surface area (Å²) >= 11 is 1.64. The topological polar surface area (TPSA) is 41.5 Å². The predicted octanol–water partition coefficient (Wildman–Crippen LogP) is 4.93. The Bertz CT molecular complexity index is 749. The Kier molecular flexibility index (Phi) is 6.40. The van der Waals surface area contributed by atoms with Crippen molar-refractivity contribution in [3.05, 3.63) is 65.2 Å². The molecule has 3 rings (SSSR count). The zero-order chi connectivity index (χ0) is 19.4. The smallest absolute Gasteiger partial charge is 0.126 e. The van der Waals surface area contributed by atoms with Gasteiger partial charge in [-0.25, -0.2) is 8.78 Å². The third-order valence-corrected chi connectivity index (χ3v) is 5.65. The van der Waals surface area contributed by atoms with Gasteiger partial charge in [-0.2, -0.15) is 0 Å². The van der Waals surface area contributed by atoms with E-state index in [2.05, 4.69) is 18.6 Å². The first-order valence-corrected chi connectivity index (χ1v) is 10.1. The average molecular weight is 393 g/mol. The molecule has 2 aromatic carbocycles. The van der Waals surface area contributed by atoms with Gasteiger partial charge in [-0.3, -0.25) is 4.72 Å². The van der Waals surface area contributed by atoms with E-state index in [9.17, 15) is 13.9 Å². The van der Waals surface area contributed by atoms with Crippen molar-refractivity contribution in [3.8, 4) is 5.75 Å². The molecule has 0 amide bonds. The molecule has 0 heterocycles. The Balaban J connectivity index is 1.65. The monoisotopic (exact) mass is 393 g/mol. The Hall–Kier alpha value is -1.63. The molecule has 27 heavy (non-hydrogen) atoms. The second kappa shape index (κ2) is 8.59. The molecular formula is C21H25F2NO2S. The van der Waals surface area contributed by atoms with Gasteiger partial charge >= 0.3 is 0 Å². The van der Waals surface area contributed by atoms with Gasteiger partial charge in [-0.15, -0.1) is 0 Å². The maximum atomic E-state index is 13.2. The van der Waals surface area contributed by atoms with Gasteiger partial charge in [0.1, 0.15) is 29.6 Å². The number of hydrogen-bond acceptors (Lipinski definition) is 4. The number of ether oxygens (including phenoxy) is 1. The van der Waals surface area contributed by atoms with Crippen molar-refractivity contribution in [2.75, 3.05) is 0 Å². The van der Waals surface area contributed by atoms with Crippen molar-refractivity contribution >= 4 is 11.9 Å². The molecule has 0 saturated heterocycles. The van der Waals surface area contributed by atoms with Gasteiger partial charge in [-0.1, -0.05) is 37.9 Å². The molecule has 2 unspecified atom stereocenters. The highest BCUT2D eigenvalue weighted by Crippen LogP contribution is 2.40. The normalized spacial score (nSPS) is 22.4. The lowest BCUT2D eigenvalue weighted by Crippen LogP contribution is -2.42. The molecule has 3 nitrogen and oxygen atoms in total. The Labute approximate surface area is 163 Å². The van der Waals surface area contributed by atoms with Crippen LogP contribution in [0.25, 0.3) is 0 Å². The van der Waals surface area contributed by atoms with Crippen molar-refractivity contribution in [2.45, 2.75) is 56.6 Å². The summed E-state index contributed by atoms with van der Waals surface area (Å²) in [5.74, 6) is -0.651. The summed E-state index contributed by atoms with van der Waals surface area (Å²) in [6, 6.07) is 10.6. The zero-order valence-electron chi connectivity index (χ0n) is 15.5. The van der Waals surface area contributed by atoms with E-state index in [1.807, 2.05) is 12.1 Å². The van der Waals surface area contributed by atoms with Crippen LogP contribution < -0.4 is 9.46 Å². The fourth-order valence-corrected chi connectivity index (χ4v) is 4.16. The highest BCUT2D eigenvalue weighted by molar-refractivity contribution is 7.98. The van der Waals surface area contributed by atoms with E-state index < -0.39 is 17.2 Å². The molecule has 0 radical (unpaired) electrons. The van der Waals surface area contributed by atoms with Crippen LogP contribution in [0.3, 0.4) is 0 Å². The van der Waals surface area contributed by atoms with Gasteiger partial charge in [0.25, 0.3) is 0 Å². The minimum Gasteiger partial charge on any atom is -0.489 e. The Morgan fingerprint density at radius 1 is 1.19 bits per heavy atom. The Morgan fingerprint density at radius 3 is 2.48 bits per heavy atom. The molecular weight excluding hydrogens is 368 g/mol. The summed E-state index contributed by atoms with van der Waals surface area (Å²) in [4.78, 5) is 0. The van der Waals surface area contributed by atoms with E-state index in [1.165, 1.54) is 12.1 Å². The molecule has 0 aromatic heterocycles. The van der Waals surface area contributed by atoms with Gasteiger partial charge in [0.05, 0.1) is 6.04 Å². The molecule has 146 valence electrons. The molecule has 1 fully saturated rings. The van der Waals surface area contributed by atoms with Crippen molar-refractivity contribution in [1.82, 2.24) is 4.72 Å². The van der Waals surface area contributed by atoms with Gasteiger partial charge in [0, 0.05) is 11.3 Å². The molecule has 2 N–H and O–H groups in total. The molecule has 0 spiro atoms. The van der Waals surface area contributed by atoms with E-state index in [1.54, 1.807) is 24.1 Å². The quantitative estimate of drug-likeness (QED) is 0.655. The van der Waals surface area contributed by atoms with E-state index in [-0.39, 0.29) is 12.6 Å². The summed E-state index contributed by atoms with van der Waals surface area (Å²) < 4.78 is 35.5. The third-order valence-electron chi connectivity index (χ3n) is 4.76. The lowest BCUT2D eigenvalue weighted by Gasteiger charge is -2.31. The van der Waals surface area contributed by atoms with Crippen LogP contribution >= 0.6 is 11.9 Å². The lowest BCUT2D eigenvalue weighted by atomic mass is 9.89. The second-order valence-electron chi connectivity index (χ2n) is 7.24. The van der Waals surface area contributed by atoms with Crippen LogP contribution in [0.2, 0.25) is 0 Å². The van der Waals surface area contributed by atoms with Crippen LogP contribution in [0.4, 0.5) is 8.78 Å². The first-order valence-electron chi connectivity index (χ1n) is 9.19. The maximum absolute atomic E-state index is 13.2. The molecule has 6 heteroatoms. The summed E-state index contributed by atoms with van der Waals surface area (Å²) in [6.07, 6.45) is 2.61. The van der Waals surface area contributed by atoms with E-state index in [4.69, 9.17) is 4.74 Å². The summed E-state index contributed by atoms with van der Waals surface area (Å²) in [5.41, 5.74) is 0.388. The van der Waals surface area contributed by atoms with Gasteiger partial charge < -0.3 is 9.84 Å². The van der Waals surface area contributed by atoms with Crippen LogP contribution in [0.15, 0.2) is 42.5 Å². The summed E-state index contributed by atoms with van der Waals surface area (Å²) in [7, 11) is 0. The second-order valence-corrected chi connectivity index (χ2v) is 8.66. The van der Waals surface area contributed by atoms with Gasteiger partial charge in [-0.05, 0) is 54.7 Å². The van der Waals surface area contributed by atoms with Gasteiger partial charge in [0.2, 0.25) is 0 Å². The molecule has 0 aliphatic heterocycles. The fraction of sp³-hybridized carbons (Fsp3) is 0.429. The average Bonchev–Trinajstić information content (AvgIpc) is 3.00. The molecule has 2 aromatic rings. The van der Waals surface area contributed by atoms with Crippen LogP contribution in [0, 0.1) is 11.6 Å². The fourth-order valence-electron chi connectivity index (χ4n) is 3.41. The van der Waals surface area contributed by atoms with E-state index in [0.717, 1.165) is 24.5 Å². The zero-order valence-corrected chi connectivity index (χ0v) is 16.4. The number of halogens is 2. The third kappa shape index (κ3) is 5.00.